The summed E-state index contributed by atoms with van der Waals surface area (Å²) in [7, 11) is 1.26. The Balaban J connectivity index is 1.89. The number of ether oxygens (including phenoxy) is 2. The molecule has 5 heteroatoms. The minimum absolute atomic E-state index is 0.245. The number of rotatable bonds is 4. The number of hydrogen-bond donors (Lipinski definition) is 1. The third-order valence-corrected chi connectivity index (χ3v) is 3.00. The molecule has 19 heavy (non-hydrogen) atoms. The van der Waals surface area contributed by atoms with Gasteiger partial charge in [-0.25, -0.2) is 0 Å². The molecule has 0 saturated carbocycles. The fourth-order valence-electron chi connectivity index (χ4n) is 1.99. The van der Waals surface area contributed by atoms with Crippen LogP contribution in [0.4, 0.5) is 0 Å². The van der Waals surface area contributed by atoms with Gasteiger partial charge in [0.1, 0.15) is 12.2 Å². The number of carbonyl (C=O) groups excluding carboxylic acids is 2. The second kappa shape index (κ2) is 6.22. The van der Waals surface area contributed by atoms with Gasteiger partial charge in [-0.3, -0.25) is 9.59 Å². The van der Waals surface area contributed by atoms with Crippen molar-refractivity contribution in [3.63, 3.8) is 0 Å². The second-order valence-corrected chi connectivity index (χ2v) is 4.42. The molecule has 1 amide bonds. The Morgan fingerprint density at radius 1 is 1.42 bits per heavy atom. The molecule has 5 nitrogen and oxygen atoms in total. The lowest BCUT2D eigenvalue weighted by atomic mass is 10.0. The Labute approximate surface area is 111 Å². The van der Waals surface area contributed by atoms with Crippen molar-refractivity contribution in [2.45, 2.75) is 25.8 Å². The Bertz CT molecular complexity index is 484. The van der Waals surface area contributed by atoms with Gasteiger partial charge in [0.05, 0.1) is 13.7 Å². The Morgan fingerprint density at radius 2 is 2.26 bits per heavy atom. The number of esters is 1. The van der Waals surface area contributed by atoms with Crippen LogP contribution in [0.15, 0.2) is 18.2 Å². The molecule has 1 heterocycles. The number of aryl methyl sites for hydroxylation is 1. The van der Waals surface area contributed by atoms with Gasteiger partial charge in [-0.1, -0.05) is 12.1 Å². The molecule has 0 spiro atoms. The Hall–Kier alpha value is -2.04. The van der Waals surface area contributed by atoms with Gasteiger partial charge in [-0.05, 0) is 30.0 Å². The molecule has 102 valence electrons. The van der Waals surface area contributed by atoms with E-state index in [2.05, 4.69) is 10.1 Å². The maximum Gasteiger partial charge on any atom is 0.315 e. The molecule has 2 rings (SSSR count). The lowest BCUT2D eigenvalue weighted by Crippen LogP contribution is -2.25. The van der Waals surface area contributed by atoms with E-state index in [1.807, 2.05) is 18.2 Å². The summed E-state index contributed by atoms with van der Waals surface area (Å²) in [5.74, 6) is 0.0630. The molecule has 1 aromatic carbocycles. The number of benzene rings is 1. The van der Waals surface area contributed by atoms with Crippen molar-refractivity contribution >= 4 is 11.9 Å². The van der Waals surface area contributed by atoms with Crippen molar-refractivity contribution < 1.29 is 19.1 Å². The lowest BCUT2D eigenvalue weighted by Gasteiger charge is -2.18. The highest BCUT2D eigenvalue weighted by Crippen LogP contribution is 2.25. The van der Waals surface area contributed by atoms with E-state index in [1.165, 1.54) is 12.7 Å². The normalized spacial score (nSPS) is 13.1. The first-order valence-electron chi connectivity index (χ1n) is 6.27. The van der Waals surface area contributed by atoms with Gasteiger partial charge in [-0.2, -0.15) is 0 Å². The van der Waals surface area contributed by atoms with E-state index < -0.39 is 5.97 Å². The minimum Gasteiger partial charge on any atom is -0.493 e. The molecule has 1 aromatic rings. The van der Waals surface area contributed by atoms with Gasteiger partial charge >= 0.3 is 5.97 Å². The van der Waals surface area contributed by atoms with Gasteiger partial charge in [0.15, 0.2) is 0 Å². The smallest absolute Gasteiger partial charge is 0.315 e. The van der Waals surface area contributed by atoms with Crippen molar-refractivity contribution in [3.8, 4) is 5.75 Å². The number of amides is 1. The van der Waals surface area contributed by atoms with Crippen LogP contribution in [0.2, 0.25) is 0 Å². The van der Waals surface area contributed by atoms with E-state index in [0.29, 0.717) is 6.54 Å². The number of methoxy groups -OCH3 is 1. The maximum atomic E-state index is 11.4. The third kappa shape index (κ3) is 3.71. The van der Waals surface area contributed by atoms with Gasteiger partial charge < -0.3 is 14.8 Å². The molecule has 1 N–H and O–H groups in total. The number of hydrogen-bond acceptors (Lipinski definition) is 4. The molecule has 1 aliphatic heterocycles. The first-order chi connectivity index (χ1) is 9.19. The predicted molar refractivity (Wildman–Crippen MR) is 68.7 cm³/mol. The van der Waals surface area contributed by atoms with E-state index >= 15 is 0 Å². The topological polar surface area (TPSA) is 64.6 Å². The van der Waals surface area contributed by atoms with Crippen LogP contribution in [0.1, 0.15) is 24.0 Å². The lowest BCUT2D eigenvalue weighted by molar-refractivity contribution is -0.143. The molecule has 0 saturated heterocycles. The van der Waals surface area contributed by atoms with Crippen LogP contribution in [0.5, 0.6) is 5.75 Å². The standard InChI is InChI=1S/C14H17NO4/c1-18-14(17)8-13(16)15-9-10-4-5-12-11(7-10)3-2-6-19-12/h4-5,7H,2-3,6,8-9H2,1H3,(H,15,16). The molecule has 0 radical (unpaired) electrons. The first-order valence-corrected chi connectivity index (χ1v) is 6.27. The molecule has 0 atom stereocenters. The van der Waals surface area contributed by atoms with Gasteiger partial charge in [0.2, 0.25) is 5.91 Å². The molecular formula is C14H17NO4. The van der Waals surface area contributed by atoms with Gasteiger partial charge in [-0.15, -0.1) is 0 Å². The molecule has 0 bridgehead atoms. The van der Waals surface area contributed by atoms with Crippen molar-refractivity contribution in [3.05, 3.63) is 29.3 Å². The average Bonchev–Trinajstić information content (AvgIpc) is 2.44. The molecule has 1 aliphatic rings. The largest absolute Gasteiger partial charge is 0.493 e. The summed E-state index contributed by atoms with van der Waals surface area (Å²) in [4.78, 5) is 22.4. The summed E-state index contributed by atoms with van der Waals surface area (Å²) in [6.07, 6.45) is 1.77. The first kappa shape index (κ1) is 13.4. The van der Waals surface area contributed by atoms with Crippen molar-refractivity contribution in [2.24, 2.45) is 0 Å². The number of nitrogens with one attached hydrogen (secondary N) is 1. The van der Waals surface area contributed by atoms with Crippen molar-refractivity contribution in [1.82, 2.24) is 5.32 Å². The van der Waals surface area contributed by atoms with Crippen LogP contribution in [-0.2, 0) is 27.3 Å². The van der Waals surface area contributed by atoms with Crippen LogP contribution in [0.3, 0.4) is 0 Å². The van der Waals surface area contributed by atoms with E-state index in [0.717, 1.165) is 30.8 Å². The van der Waals surface area contributed by atoms with Crippen LogP contribution >= 0.6 is 0 Å². The van der Waals surface area contributed by atoms with Crippen LogP contribution in [0.25, 0.3) is 0 Å². The average molecular weight is 263 g/mol. The summed E-state index contributed by atoms with van der Waals surface area (Å²) in [6, 6.07) is 5.88. The summed E-state index contributed by atoms with van der Waals surface area (Å²) in [6.45, 7) is 1.17. The van der Waals surface area contributed by atoms with E-state index in [-0.39, 0.29) is 12.3 Å². The monoisotopic (exact) mass is 263 g/mol. The fourth-order valence-corrected chi connectivity index (χ4v) is 1.99. The quantitative estimate of drug-likeness (QED) is 0.654. The predicted octanol–water partition coefficient (Wildman–Crippen LogP) is 1.19. The summed E-state index contributed by atoms with van der Waals surface area (Å²) < 4.78 is 9.95. The SMILES string of the molecule is COC(=O)CC(=O)NCc1ccc2c(c1)CCCO2. The highest BCUT2D eigenvalue weighted by Gasteiger charge is 2.12. The van der Waals surface area contributed by atoms with E-state index in [1.54, 1.807) is 0 Å². The fraction of sp³-hybridized carbons (Fsp3) is 0.429. The van der Waals surface area contributed by atoms with E-state index in [4.69, 9.17) is 4.74 Å². The molecule has 0 aromatic heterocycles. The van der Waals surface area contributed by atoms with Crippen LogP contribution in [0, 0.1) is 0 Å². The molecule has 0 unspecified atom stereocenters. The van der Waals surface area contributed by atoms with Crippen molar-refractivity contribution in [1.29, 1.82) is 0 Å². The highest BCUT2D eigenvalue weighted by atomic mass is 16.5. The third-order valence-electron chi connectivity index (χ3n) is 3.00. The zero-order valence-corrected chi connectivity index (χ0v) is 10.9. The van der Waals surface area contributed by atoms with E-state index in [9.17, 15) is 9.59 Å². The maximum absolute atomic E-state index is 11.4. The zero-order valence-electron chi connectivity index (χ0n) is 10.9. The van der Waals surface area contributed by atoms with Crippen LogP contribution in [-0.4, -0.2) is 25.6 Å². The minimum atomic E-state index is -0.531. The van der Waals surface area contributed by atoms with Crippen molar-refractivity contribution in [2.75, 3.05) is 13.7 Å². The molecular weight excluding hydrogens is 246 g/mol. The highest BCUT2D eigenvalue weighted by molar-refractivity contribution is 5.94. The van der Waals surface area contributed by atoms with Crippen LogP contribution < -0.4 is 10.1 Å². The summed E-state index contributed by atoms with van der Waals surface area (Å²) in [5, 5.41) is 2.69. The van der Waals surface area contributed by atoms with Gasteiger partial charge in [0.25, 0.3) is 0 Å². The van der Waals surface area contributed by atoms with Gasteiger partial charge in [0, 0.05) is 6.54 Å². The number of fused-ring (bicyclic) bond motifs is 1. The summed E-state index contributed by atoms with van der Waals surface area (Å²) >= 11 is 0. The zero-order chi connectivity index (χ0) is 13.7. The Kier molecular flexibility index (Phi) is 4.39. The summed E-state index contributed by atoms with van der Waals surface area (Å²) in [5.41, 5.74) is 2.17. The Morgan fingerprint density at radius 3 is 3.05 bits per heavy atom. The second-order valence-electron chi connectivity index (χ2n) is 4.42. The number of carbonyl (C=O) groups is 2. The molecule has 0 fully saturated rings. The molecule has 0 aliphatic carbocycles.